The molecule has 6 heavy (non-hydrogen) atoms. The van der Waals surface area contributed by atoms with Crippen molar-refractivity contribution in [2.45, 2.75) is 6.23 Å². The fourth-order valence-corrected chi connectivity index (χ4v) is 0. The van der Waals surface area contributed by atoms with Crippen molar-refractivity contribution in [3.63, 3.8) is 0 Å². The molecule has 4 heteroatoms. The van der Waals surface area contributed by atoms with Crippen molar-refractivity contribution in [2.75, 3.05) is 6.54 Å². The fraction of sp³-hybridized carbons (Fsp3) is 1.00. The van der Waals surface area contributed by atoms with Gasteiger partial charge in [0.1, 0.15) is 6.23 Å². The summed E-state index contributed by atoms with van der Waals surface area (Å²) in [5.74, 6) is 0. The molecule has 0 aliphatic rings. The summed E-state index contributed by atoms with van der Waals surface area (Å²) in [6.07, 6.45) is -0.838. The molecule has 0 bridgehead atoms. The third-order valence-electron chi connectivity index (χ3n) is 0.241. The maximum Gasteiger partial charge on any atom is 0.114 e. The third-order valence-corrected chi connectivity index (χ3v) is 0.241. The van der Waals surface area contributed by atoms with Gasteiger partial charge in [0.15, 0.2) is 0 Å². The molecular weight excluding hydrogens is 127 g/mol. The van der Waals surface area contributed by atoms with Gasteiger partial charge in [-0.3, -0.25) is 0 Å². The third kappa shape index (κ3) is 8.84. The quantitative estimate of drug-likeness (QED) is 0.294. The first kappa shape index (κ1) is 9.62. The van der Waals surface area contributed by atoms with Crippen LogP contribution in [0.25, 0.3) is 0 Å². The summed E-state index contributed by atoms with van der Waals surface area (Å²) in [6, 6.07) is 0. The second kappa shape index (κ2) is 5.37. The Morgan fingerprint density at radius 3 is 1.83 bits per heavy atom. The first-order valence-electron chi connectivity index (χ1n) is 1.41. The number of nitrogens with two attached hydrogens (primary N) is 2. The average molecular weight is 135 g/mol. The second-order valence-corrected chi connectivity index (χ2v) is 0.803. The number of aliphatic hydroxyl groups excluding tert-OH is 1. The molecule has 0 aromatic rings. The Morgan fingerprint density at radius 2 is 1.83 bits per heavy atom. The maximum absolute atomic E-state index is 8.01. The van der Waals surface area contributed by atoms with E-state index in [9.17, 15) is 0 Å². The minimum Gasteiger partial charge on any atom is -0.377 e. The van der Waals surface area contributed by atoms with Gasteiger partial charge in [-0.15, -0.1) is 0 Å². The molecule has 5 N–H and O–H groups in total. The zero-order chi connectivity index (χ0) is 4.28. The Morgan fingerprint density at radius 1 is 1.67 bits per heavy atom. The van der Waals surface area contributed by atoms with Gasteiger partial charge in [0, 0.05) is 23.0 Å². The van der Waals surface area contributed by atoms with Crippen LogP contribution in [-0.4, -0.2) is 17.9 Å². The van der Waals surface area contributed by atoms with Gasteiger partial charge in [0.05, 0.1) is 0 Å². The van der Waals surface area contributed by atoms with Gasteiger partial charge < -0.3 is 16.6 Å². The molecule has 0 amide bonds. The molecule has 0 aromatic heterocycles. The SMILES string of the molecule is NCC(N)O.[Ni]. The number of hydrogen-bond acceptors (Lipinski definition) is 3. The standard InChI is InChI=1S/C2H8N2O.Ni/c3-1-2(4)5;/h2,5H,1,3-4H2;. The van der Waals surface area contributed by atoms with Crippen LogP contribution in [0.5, 0.6) is 0 Å². The smallest absolute Gasteiger partial charge is 0.114 e. The van der Waals surface area contributed by atoms with Crippen molar-refractivity contribution >= 4 is 0 Å². The summed E-state index contributed by atoms with van der Waals surface area (Å²) in [5, 5.41) is 8.01. The van der Waals surface area contributed by atoms with Crippen LogP contribution < -0.4 is 11.5 Å². The van der Waals surface area contributed by atoms with Crippen molar-refractivity contribution < 1.29 is 21.6 Å². The molecule has 0 fully saturated rings. The molecule has 0 heterocycles. The van der Waals surface area contributed by atoms with Crippen LogP contribution in [0.3, 0.4) is 0 Å². The number of aliphatic hydroxyl groups is 1. The van der Waals surface area contributed by atoms with E-state index < -0.39 is 6.23 Å². The van der Waals surface area contributed by atoms with Crippen LogP contribution in [0, 0.1) is 0 Å². The van der Waals surface area contributed by atoms with Gasteiger partial charge in [0.25, 0.3) is 0 Å². The van der Waals surface area contributed by atoms with E-state index in [1.54, 1.807) is 0 Å². The van der Waals surface area contributed by atoms with E-state index in [2.05, 4.69) is 0 Å². The first-order chi connectivity index (χ1) is 2.27. The van der Waals surface area contributed by atoms with Gasteiger partial charge in [-0.2, -0.15) is 0 Å². The summed E-state index contributed by atoms with van der Waals surface area (Å²) < 4.78 is 0. The van der Waals surface area contributed by atoms with Crippen LogP contribution in [0.15, 0.2) is 0 Å². The Bertz CT molecular complexity index is 25.5. The van der Waals surface area contributed by atoms with Crippen LogP contribution in [0.1, 0.15) is 0 Å². The summed E-state index contributed by atoms with van der Waals surface area (Å²) in [7, 11) is 0. The average Bonchev–Trinajstić information content (AvgIpc) is 1.38. The molecule has 1 unspecified atom stereocenters. The molecule has 0 aliphatic heterocycles. The molecule has 0 spiro atoms. The summed E-state index contributed by atoms with van der Waals surface area (Å²) in [6.45, 7) is 0.139. The van der Waals surface area contributed by atoms with Crippen LogP contribution in [0.2, 0.25) is 0 Å². The second-order valence-electron chi connectivity index (χ2n) is 0.803. The van der Waals surface area contributed by atoms with Crippen molar-refractivity contribution in [3.05, 3.63) is 0 Å². The monoisotopic (exact) mass is 134 g/mol. The van der Waals surface area contributed by atoms with Gasteiger partial charge in [-0.25, -0.2) is 0 Å². The minimum atomic E-state index is -0.838. The van der Waals surface area contributed by atoms with Crippen LogP contribution in [0.4, 0.5) is 0 Å². The van der Waals surface area contributed by atoms with Gasteiger partial charge in [-0.1, -0.05) is 0 Å². The molecule has 42 valence electrons. The molecule has 3 nitrogen and oxygen atoms in total. The Kier molecular flexibility index (Phi) is 8.62. The van der Waals surface area contributed by atoms with E-state index in [4.69, 9.17) is 16.6 Å². The predicted molar refractivity (Wildman–Crippen MR) is 19.2 cm³/mol. The molecule has 1 atom stereocenters. The normalized spacial score (nSPS) is 12.5. The topological polar surface area (TPSA) is 72.3 Å². The van der Waals surface area contributed by atoms with E-state index in [0.29, 0.717) is 0 Å². The Hall–Kier alpha value is 0.374. The van der Waals surface area contributed by atoms with Crippen molar-refractivity contribution in [3.8, 4) is 0 Å². The number of rotatable bonds is 1. The zero-order valence-corrected chi connectivity index (χ0v) is 4.19. The molecule has 0 saturated carbocycles. The molecular formula is C2H8N2NiO. The molecule has 0 aliphatic carbocycles. The van der Waals surface area contributed by atoms with Crippen molar-refractivity contribution in [1.29, 1.82) is 0 Å². The van der Waals surface area contributed by atoms with Gasteiger partial charge >= 0.3 is 0 Å². The molecule has 0 rings (SSSR count). The molecule has 0 saturated heterocycles. The van der Waals surface area contributed by atoms with E-state index in [1.807, 2.05) is 0 Å². The fourth-order valence-electron chi connectivity index (χ4n) is 0. The Balaban J connectivity index is 0. The minimum absolute atomic E-state index is 0. The molecule has 0 aromatic carbocycles. The van der Waals surface area contributed by atoms with E-state index in [1.165, 1.54) is 0 Å². The van der Waals surface area contributed by atoms with E-state index in [-0.39, 0.29) is 23.0 Å². The maximum atomic E-state index is 8.01. The summed E-state index contributed by atoms with van der Waals surface area (Å²) >= 11 is 0. The zero-order valence-electron chi connectivity index (χ0n) is 3.20. The van der Waals surface area contributed by atoms with Gasteiger partial charge in [0.2, 0.25) is 0 Å². The van der Waals surface area contributed by atoms with E-state index in [0.717, 1.165) is 0 Å². The Labute approximate surface area is 46.6 Å². The summed E-state index contributed by atoms with van der Waals surface area (Å²) in [4.78, 5) is 0. The van der Waals surface area contributed by atoms with Gasteiger partial charge in [-0.05, 0) is 0 Å². The summed E-state index contributed by atoms with van der Waals surface area (Å²) in [5.41, 5.74) is 9.52. The largest absolute Gasteiger partial charge is 0.377 e. The van der Waals surface area contributed by atoms with Crippen LogP contribution >= 0.6 is 0 Å². The molecule has 0 radical (unpaired) electrons. The first-order valence-corrected chi connectivity index (χ1v) is 1.41. The van der Waals surface area contributed by atoms with E-state index >= 15 is 0 Å². The predicted octanol–water partition coefficient (Wildman–Crippen LogP) is -1.78. The van der Waals surface area contributed by atoms with Crippen molar-refractivity contribution in [1.82, 2.24) is 0 Å². The van der Waals surface area contributed by atoms with Crippen molar-refractivity contribution in [2.24, 2.45) is 11.5 Å². The van der Waals surface area contributed by atoms with Crippen LogP contribution in [-0.2, 0) is 16.5 Å². The number of hydrogen-bond donors (Lipinski definition) is 3.